The Hall–Kier alpha value is -4.73. The average molecular weight is 543 g/mol. The van der Waals surface area contributed by atoms with E-state index in [0.29, 0.717) is 0 Å². The van der Waals surface area contributed by atoms with Crippen LogP contribution in [-0.2, 0) is 5.41 Å². The van der Waals surface area contributed by atoms with Crippen LogP contribution in [0.3, 0.4) is 0 Å². The first-order chi connectivity index (χ1) is 20.1. The van der Waals surface area contributed by atoms with Crippen LogP contribution in [0.15, 0.2) is 121 Å². The summed E-state index contributed by atoms with van der Waals surface area (Å²) in [5, 5.41) is 5.26. The van der Waals surface area contributed by atoms with E-state index in [0.717, 1.165) is 11.3 Å². The van der Waals surface area contributed by atoms with Gasteiger partial charge in [0.25, 0.3) is 0 Å². The second-order valence-electron chi connectivity index (χ2n) is 11.6. The van der Waals surface area contributed by atoms with E-state index < -0.39 is 0 Å². The molecular formula is C38H26N2S. The summed E-state index contributed by atoms with van der Waals surface area (Å²) in [5.41, 5.74) is 11.4. The second-order valence-corrected chi connectivity index (χ2v) is 12.7. The van der Waals surface area contributed by atoms with Gasteiger partial charge in [0.2, 0.25) is 0 Å². The lowest BCUT2D eigenvalue weighted by Crippen LogP contribution is -2.14. The lowest BCUT2D eigenvalue weighted by molar-refractivity contribution is 0.661. The molecule has 5 aromatic carbocycles. The smallest absolute Gasteiger partial charge is 0.0702 e. The number of hydrogen-bond acceptors (Lipinski definition) is 2. The number of rotatable bonds is 2. The second kappa shape index (κ2) is 8.15. The molecule has 1 aliphatic carbocycles. The quantitative estimate of drug-likeness (QED) is 0.212. The molecule has 0 unspecified atom stereocenters. The molecule has 0 saturated carbocycles. The van der Waals surface area contributed by atoms with Crippen molar-refractivity contribution in [2.45, 2.75) is 19.3 Å². The molecule has 0 radical (unpaired) electrons. The minimum atomic E-state index is -0.0357. The normalized spacial score (nSPS) is 13.8. The van der Waals surface area contributed by atoms with Gasteiger partial charge in [-0.15, -0.1) is 11.3 Å². The largest absolute Gasteiger partial charge is 0.309 e. The highest BCUT2D eigenvalue weighted by Gasteiger charge is 2.37. The molecule has 0 fully saturated rings. The van der Waals surface area contributed by atoms with Gasteiger partial charge in [-0.1, -0.05) is 80.6 Å². The van der Waals surface area contributed by atoms with Crippen LogP contribution in [0.5, 0.6) is 0 Å². The van der Waals surface area contributed by atoms with Crippen molar-refractivity contribution in [2.24, 2.45) is 0 Å². The molecule has 3 aromatic heterocycles. The number of nitrogens with zero attached hydrogens (tertiary/aromatic N) is 2. The number of aromatic nitrogens is 2. The summed E-state index contributed by atoms with van der Waals surface area (Å²) in [5.74, 6) is 0. The number of hydrogen-bond donors (Lipinski definition) is 0. The van der Waals surface area contributed by atoms with Crippen LogP contribution in [0.1, 0.15) is 25.0 Å². The summed E-state index contributed by atoms with van der Waals surface area (Å²) in [6.07, 6.45) is 1.87. The van der Waals surface area contributed by atoms with Crippen molar-refractivity contribution in [1.82, 2.24) is 9.55 Å². The van der Waals surface area contributed by atoms with Gasteiger partial charge in [-0.2, -0.15) is 0 Å². The first-order valence-electron chi connectivity index (χ1n) is 14.1. The fourth-order valence-electron chi connectivity index (χ4n) is 7.18. The van der Waals surface area contributed by atoms with Crippen molar-refractivity contribution in [3.8, 4) is 28.1 Å². The van der Waals surface area contributed by atoms with Crippen molar-refractivity contribution in [2.75, 3.05) is 0 Å². The summed E-state index contributed by atoms with van der Waals surface area (Å²) >= 11 is 1.91. The summed E-state index contributed by atoms with van der Waals surface area (Å²) in [6.45, 7) is 4.74. The zero-order valence-electron chi connectivity index (χ0n) is 22.8. The molecule has 3 heterocycles. The molecule has 9 rings (SSSR count). The van der Waals surface area contributed by atoms with Gasteiger partial charge in [-0.05, 0) is 70.8 Å². The van der Waals surface area contributed by atoms with E-state index >= 15 is 0 Å². The predicted molar refractivity (Wildman–Crippen MR) is 174 cm³/mol. The molecule has 2 nitrogen and oxygen atoms in total. The van der Waals surface area contributed by atoms with E-state index in [1.807, 2.05) is 23.6 Å². The summed E-state index contributed by atoms with van der Waals surface area (Å²) in [7, 11) is 0. The maximum atomic E-state index is 4.65. The lowest BCUT2D eigenvalue weighted by Gasteiger charge is -2.21. The third-order valence-corrected chi connectivity index (χ3v) is 10.2. The molecular weight excluding hydrogens is 516 g/mol. The Morgan fingerprint density at radius 3 is 2.29 bits per heavy atom. The number of fused-ring (bicyclic) bond motifs is 11. The van der Waals surface area contributed by atoms with E-state index in [9.17, 15) is 0 Å². The average Bonchev–Trinajstić information content (AvgIpc) is 3.63. The highest BCUT2D eigenvalue weighted by molar-refractivity contribution is 7.26. The van der Waals surface area contributed by atoms with Crippen molar-refractivity contribution in [3.63, 3.8) is 0 Å². The van der Waals surface area contributed by atoms with Crippen LogP contribution in [0.2, 0.25) is 0 Å². The fraction of sp³-hybridized carbons (Fsp3) is 0.0789. The SMILES string of the molecule is CC1(C)c2ccccc2-c2c1ccc1sc3ccc4c5cc(-c6ccccn6)ccc5n(-c5ccccc5)c4c3c21. The van der Waals surface area contributed by atoms with Gasteiger partial charge in [0.1, 0.15) is 0 Å². The van der Waals surface area contributed by atoms with E-state index in [1.54, 1.807) is 0 Å². The van der Waals surface area contributed by atoms with E-state index in [1.165, 1.54) is 69.9 Å². The fourth-order valence-corrected chi connectivity index (χ4v) is 8.30. The molecule has 1 aliphatic rings. The number of para-hydroxylation sites is 1. The minimum Gasteiger partial charge on any atom is -0.309 e. The molecule has 0 atom stereocenters. The van der Waals surface area contributed by atoms with Crippen LogP contribution in [-0.4, -0.2) is 9.55 Å². The first-order valence-corrected chi connectivity index (χ1v) is 15.0. The molecule has 0 amide bonds. The molecule has 0 bridgehead atoms. The van der Waals surface area contributed by atoms with Crippen molar-refractivity contribution in [1.29, 1.82) is 0 Å². The Morgan fingerprint density at radius 2 is 1.44 bits per heavy atom. The van der Waals surface area contributed by atoms with Crippen LogP contribution in [0.4, 0.5) is 0 Å². The van der Waals surface area contributed by atoms with Crippen LogP contribution in [0.25, 0.3) is 70.0 Å². The first kappa shape index (κ1) is 23.0. The van der Waals surface area contributed by atoms with Crippen molar-refractivity contribution in [3.05, 3.63) is 133 Å². The minimum absolute atomic E-state index is 0.0357. The van der Waals surface area contributed by atoms with Gasteiger partial charge in [-0.3, -0.25) is 4.98 Å². The van der Waals surface area contributed by atoms with Gasteiger partial charge in [0.15, 0.2) is 0 Å². The molecule has 8 aromatic rings. The highest BCUT2D eigenvalue weighted by atomic mass is 32.1. The molecule has 41 heavy (non-hydrogen) atoms. The Morgan fingerprint density at radius 1 is 0.659 bits per heavy atom. The Balaban J connectivity index is 1.50. The molecule has 0 N–H and O–H groups in total. The number of pyridine rings is 1. The monoisotopic (exact) mass is 542 g/mol. The zero-order chi connectivity index (χ0) is 27.3. The standard InChI is InChI=1S/C38H26N2S/c1-38(2)28-13-7-6-12-26(28)34-29(38)17-20-32-35(34)36-33(41-32)19-16-25-27-22-23(30-14-8-9-21-39-30)15-18-31(27)40(37(25)36)24-10-4-3-5-11-24/h3-22H,1-2H3. The van der Waals surface area contributed by atoms with E-state index in [2.05, 4.69) is 133 Å². The van der Waals surface area contributed by atoms with Gasteiger partial charge >= 0.3 is 0 Å². The van der Waals surface area contributed by atoms with Gasteiger partial charge < -0.3 is 4.57 Å². The highest BCUT2D eigenvalue weighted by Crippen LogP contribution is 2.55. The number of benzene rings is 5. The molecule has 0 spiro atoms. The molecule has 0 aliphatic heterocycles. The predicted octanol–water partition coefficient (Wildman–Crippen LogP) is 10.5. The Labute approximate surface area is 242 Å². The van der Waals surface area contributed by atoms with Gasteiger partial charge in [0, 0.05) is 53.8 Å². The zero-order valence-corrected chi connectivity index (χ0v) is 23.7. The maximum absolute atomic E-state index is 4.65. The molecule has 3 heteroatoms. The van der Waals surface area contributed by atoms with E-state index in [4.69, 9.17) is 0 Å². The molecule has 0 saturated heterocycles. The summed E-state index contributed by atoms with van der Waals surface area (Å²) in [6, 6.07) is 42.1. The molecule has 194 valence electrons. The Bertz CT molecular complexity index is 2320. The lowest BCUT2D eigenvalue weighted by atomic mass is 9.82. The van der Waals surface area contributed by atoms with Crippen molar-refractivity contribution < 1.29 is 0 Å². The Kier molecular flexibility index (Phi) is 4.58. The van der Waals surface area contributed by atoms with Crippen molar-refractivity contribution >= 4 is 53.3 Å². The van der Waals surface area contributed by atoms with Crippen LogP contribution in [0, 0.1) is 0 Å². The third-order valence-electron chi connectivity index (χ3n) is 9.05. The van der Waals surface area contributed by atoms with Gasteiger partial charge in [0.05, 0.1) is 16.7 Å². The maximum Gasteiger partial charge on any atom is 0.0702 e. The topological polar surface area (TPSA) is 17.8 Å². The number of thiophene rings is 1. The third kappa shape index (κ3) is 3.04. The van der Waals surface area contributed by atoms with Crippen LogP contribution >= 0.6 is 11.3 Å². The van der Waals surface area contributed by atoms with E-state index in [-0.39, 0.29) is 5.41 Å². The van der Waals surface area contributed by atoms with Crippen LogP contribution < -0.4 is 0 Å². The van der Waals surface area contributed by atoms with Gasteiger partial charge in [-0.25, -0.2) is 0 Å². The summed E-state index contributed by atoms with van der Waals surface area (Å²) < 4.78 is 5.15. The summed E-state index contributed by atoms with van der Waals surface area (Å²) in [4.78, 5) is 4.65.